The number of halogens is 1. The number of aryl methyl sites for hydroxylation is 2. The molecule has 2 rings (SSSR count). The normalized spacial score (nSPS) is 9.92. The number of rotatable bonds is 6. The molecule has 1 aromatic heterocycles. The predicted octanol–water partition coefficient (Wildman–Crippen LogP) is 3.13. The molecule has 0 atom stereocenters. The van der Waals surface area contributed by atoms with Gasteiger partial charge >= 0.3 is 0 Å². The van der Waals surface area contributed by atoms with Gasteiger partial charge in [0.25, 0.3) is 5.24 Å². The summed E-state index contributed by atoms with van der Waals surface area (Å²) in [5, 5.41) is 5.04. The molecule has 1 aromatic carbocycles. The van der Waals surface area contributed by atoms with Crippen molar-refractivity contribution in [2.24, 2.45) is 5.84 Å². The van der Waals surface area contributed by atoms with Gasteiger partial charge in [-0.3, -0.25) is 15.0 Å². The number of hydrogen-bond donors (Lipinski definition) is 3. The van der Waals surface area contributed by atoms with Gasteiger partial charge in [-0.15, -0.1) is 23.7 Å². The topological polar surface area (TPSA) is 97.1 Å². The van der Waals surface area contributed by atoms with E-state index in [2.05, 4.69) is 27.9 Å². The molecule has 0 bridgehead atoms. The van der Waals surface area contributed by atoms with Gasteiger partial charge in [0.1, 0.15) is 0 Å². The number of carbonyl (C=O) groups excluding carboxylic acids is 2. The maximum Gasteiger partial charge on any atom is 0.293 e. The van der Waals surface area contributed by atoms with Crippen molar-refractivity contribution in [3.05, 3.63) is 46.5 Å². The van der Waals surface area contributed by atoms with Crippen LogP contribution in [-0.4, -0.2) is 16.1 Å². The summed E-state index contributed by atoms with van der Waals surface area (Å²) < 4.78 is 0. The van der Waals surface area contributed by atoms with Crippen LogP contribution in [0.5, 0.6) is 0 Å². The summed E-state index contributed by atoms with van der Waals surface area (Å²) in [6, 6.07) is 8.13. The van der Waals surface area contributed by atoms with Crippen molar-refractivity contribution in [3.63, 3.8) is 0 Å². The first kappa shape index (κ1) is 20.4. The van der Waals surface area contributed by atoms with Gasteiger partial charge in [0, 0.05) is 18.1 Å². The molecule has 1 heterocycles. The van der Waals surface area contributed by atoms with Crippen molar-refractivity contribution in [1.82, 2.24) is 10.4 Å². The number of nitrogens with zero attached hydrogens (tertiary/aromatic N) is 1. The lowest BCUT2D eigenvalue weighted by atomic mass is 10.1. The first-order valence-corrected chi connectivity index (χ1v) is 8.86. The van der Waals surface area contributed by atoms with Crippen LogP contribution in [0, 0.1) is 0 Å². The van der Waals surface area contributed by atoms with E-state index in [4.69, 9.17) is 5.84 Å². The molecule has 0 saturated heterocycles. The molecule has 2 aromatic rings. The van der Waals surface area contributed by atoms with E-state index in [-0.39, 0.29) is 23.6 Å². The number of hydrazine groups is 1. The summed E-state index contributed by atoms with van der Waals surface area (Å²) in [6.45, 7) is 1.47. The van der Waals surface area contributed by atoms with Crippen molar-refractivity contribution < 1.29 is 9.59 Å². The summed E-state index contributed by atoms with van der Waals surface area (Å²) in [5.41, 5.74) is 5.34. The predicted molar refractivity (Wildman–Crippen MR) is 102 cm³/mol. The quantitative estimate of drug-likeness (QED) is 0.402. The van der Waals surface area contributed by atoms with Crippen molar-refractivity contribution in [2.45, 2.75) is 25.5 Å². The largest absolute Gasteiger partial charge is 0.302 e. The van der Waals surface area contributed by atoms with Gasteiger partial charge in [-0.1, -0.05) is 36.0 Å². The third-order valence-electron chi connectivity index (χ3n) is 3.02. The molecule has 2 amide bonds. The fourth-order valence-corrected chi connectivity index (χ4v) is 3.26. The number of thioether (sulfide) groups is 1. The number of amides is 2. The van der Waals surface area contributed by atoms with Gasteiger partial charge < -0.3 is 5.32 Å². The zero-order valence-corrected chi connectivity index (χ0v) is 15.5. The highest BCUT2D eigenvalue weighted by atomic mass is 35.5. The third kappa shape index (κ3) is 6.88. The number of nitrogens with one attached hydrogen (secondary N) is 2. The molecule has 0 spiro atoms. The van der Waals surface area contributed by atoms with Crippen LogP contribution in [0.1, 0.15) is 23.7 Å². The minimum atomic E-state index is -0.243. The Morgan fingerprint density at radius 2 is 1.88 bits per heavy atom. The maximum atomic E-state index is 11.1. The minimum Gasteiger partial charge on any atom is -0.302 e. The molecular formula is C15H19ClN4O2S2. The molecule has 0 fully saturated rings. The van der Waals surface area contributed by atoms with Crippen LogP contribution >= 0.6 is 35.5 Å². The molecule has 0 radical (unpaired) electrons. The van der Waals surface area contributed by atoms with Crippen LogP contribution < -0.4 is 16.6 Å². The molecule has 0 aliphatic rings. The van der Waals surface area contributed by atoms with E-state index in [9.17, 15) is 9.59 Å². The Morgan fingerprint density at radius 3 is 2.50 bits per heavy atom. The third-order valence-corrected chi connectivity index (χ3v) is 4.68. The standard InChI is InChI=1S/C15H18N4O2S2.ClH/c1-10(20)17-14-18-13(9-22-14)7-6-11-2-4-12(5-3-11)8-23-15(21)19-16;/h2-5,9H,6-8,16H2,1H3,(H,19,21)(H,17,18,20);1H. The lowest BCUT2D eigenvalue weighted by molar-refractivity contribution is -0.114. The Balaban J connectivity index is 0.00000288. The second-order valence-corrected chi connectivity index (χ2v) is 6.67. The smallest absolute Gasteiger partial charge is 0.293 e. The molecule has 4 N–H and O–H groups in total. The highest BCUT2D eigenvalue weighted by Crippen LogP contribution is 2.18. The number of thiazole rings is 1. The van der Waals surface area contributed by atoms with Crippen LogP contribution in [0.4, 0.5) is 9.93 Å². The van der Waals surface area contributed by atoms with E-state index in [1.807, 2.05) is 17.5 Å². The average Bonchev–Trinajstić information content (AvgIpc) is 2.98. The molecule has 9 heteroatoms. The molecule has 0 unspecified atom stereocenters. The number of hydrogen-bond acceptors (Lipinski definition) is 6. The monoisotopic (exact) mass is 386 g/mol. The Morgan fingerprint density at radius 1 is 1.21 bits per heavy atom. The second-order valence-electron chi connectivity index (χ2n) is 4.86. The first-order chi connectivity index (χ1) is 11.1. The maximum absolute atomic E-state index is 11.1. The minimum absolute atomic E-state index is 0. The van der Waals surface area contributed by atoms with Gasteiger partial charge in [0.05, 0.1) is 5.69 Å². The molecule has 0 aliphatic heterocycles. The molecule has 6 nitrogen and oxygen atoms in total. The van der Waals surface area contributed by atoms with E-state index in [0.29, 0.717) is 10.9 Å². The summed E-state index contributed by atoms with van der Waals surface area (Å²) in [5.74, 6) is 5.52. The Hall–Kier alpha value is -1.61. The lowest BCUT2D eigenvalue weighted by Crippen LogP contribution is -2.25. The SMILES string of the molecule is CC(=O)Nc1nc(CCc2ccc(CSC(=O)NN)cc2)cs1.Cl. The summed E-state index contributed by atoms with van der Waals surface area (Å²) in [7, 11) is 0. The fourth-order valence-electron chi connectivity index (χ4n) is 1.89. The van der Waals surface area contributed by atoms with Gasteiger partial charge in [0.2, 0.25) is 5.91 Å². The number of anilines is 1. The first-order valence-electron chi connectivity index (χ1n) is 7.00. The summed E-state index contributed by atoms with van der Waals surface area (Å²) in [4.78, 5) is 26.4. The van der Waals surface area contributed by atoms with Crippen molar-refractivity contribution in [1.29, 1.82) is 0 Å². The molecular weight excluding hydrogens is 368 g/mol. The summed E-state index contributed by atoms with van der Waals surface area (Å²) in [6.07, 6.45) is 1.69. The van der Waals surface area contributed by atoms with E-state index in [0.717, 1.165) is 35.9 Å². The van der Waals surface area contributed by atoms with Crippen LogP contribution in [0.3, 0.4) is 0 Å². The van der Waals surface area contributed by atoms with E-state index >= 15 is 0 Å². The Labute approximate surface area is 155 Å². The van der Waals surface area contributed by atoms with Gasteiger partial charge in [0.15, 0.2) is 5.13 Å². The number of nitrogens with two attached hydrogens (primary N) is 1. The van der Waals surface area contributed by atoms with Crippen molar-refractivity contribution in [3.8, 4) is 0 Å². The Kier molecular flexibility index (Phi) is 8.77. The molecule has 24 heavy (non-hydrogen) atoms. The molecule has 130 valence electrons. The van der Waals surface area contributed by atoms with Crippen LogP contribution in [0.15, 0.2) is 29.6 Å². The van der Waals surface area contributed by atoms with Gasteiger partial charge in [-0.2, -0.15) is 0 Å². The van der Waals surface area contributed by atoms with Crippen molar-refractivity contribution >= 4 is 51.8 Å². The van der Waals surface area contributed by atoms with Gasteiger partial charge in [-0.05, 0) is 24.0 Å². The van der Waals surface area contributed by atoms with Crippen LogP contribution in [0.2, 0.25) is 0 Å². The Bertz CT molecular complexity index is 676. The molecule has 0 saturated carbocycles. The van der Waals surface area contributed by atoms with E-state index in [1.165, 1.54) is 23.8 Å². The molecule has 0 aliphatic carbocycles. The lowest BCUT2D eigenvalue weighted by Gasteiger charge is -2.03. The average molecular weight is 387 g/mol. The highest BCUT2D eigenvalue weighted by molar-refractivity contribution is 8.12. The zero-order valence-electron chi connectivity index (χ0n) is 13.1. The second kappa shape index (κ2) is 10.3. The fraction of sp³-hybridized carbons (Fsp3) is 0.267. The van der Waals surface area contributed by atoms with Crippen LogP contribution in [0.25, 0.3) is 0 Å². The highest BCUT2D eigenvalue weighted by Gasteiger charge is 2.05. The van der Waals surface area contributed by atoms with E-state index < -0.39 is 0 Å². The van der Waals surface area contributed by atoms with Crippen molar-refractivity contribution in [2.75, 3.05) is 5.32 Å². The number of benzene rings is 1. The zero-order chi connectivity index (χ0) is 16.7. The number of aromatic nitrogens is 1. The van der Waals surface area contributed by atoms with Crippen LogP contribution in [-0.2, 0) is 23.4 Å². The van der Waals surface area contributed by atoms with Gasteiger partial charge in [-0.25, -0.2) is 10.8 Å². The summed E-state index contributed by atoms with van der Waals surface area (Å²) >= 11 is 2.57. The number of carbonyl (C=O) groups is 2. The van der Waals surface area contributed by atoms with E-state index in [1.54, 1.807) is 0 Å².